The Kier molecular flexibility index (Phi) is 8.92. The SMILES string of the molecule is O=C(O)[C@@H]1CSc2c(C3CC3)c(Cc3ccc(Br)c4ccccc34)cc(=O)n21.O=c1cc(Cc2cccc3ccccc23)c(C2CC2)c2n1CCS2. The van der Waals surface area contributed by atoms with Crippen LogP contribution in [0.15, 0.2) is 115 Å². The molecular weight excluding hydrogens is 753 g/mol. The lowest BCUT2D eigenvalue weighted by Gasteiger charge is -2.17. The summed E-state index contributed by atoms with van der Waals surface area (Å²) in [5.74, 6) is 1.64. The Hall–Kier alpha value is -4.05. The third kappa shape index (κ3) is 6.24. The van der Waals surface area contributed by atoms with Gasteiger partial charge in [0.25, 0.3) is 11.1 Å². The fourth-order valence-electron chi connectivity index (χ4n) is 8.05. The Morgan fingerprint density at radius 2 is 1.31 bits per heavy atom. The normalized spacial score (nSPS) is 17.5. The van der Waals surface area contributed by atoms with Gasteiger partial charge in [-0.25, -0.2) is 4.79 Å². The second-order valence-corrected chi connectivity index (χ2v) is 17.2. The molecule has 0 saturated heterocycles. The molecule has 52 heavy (non-hydrogen) atoms. The molecule has 10 rings (SSSR count). The number of pyridine rings is 2. The summed E-state index contributed by atoms with van der Waals surface area (Å²) in [7, 11) is 0. The Morgan fingerprint density at radius 1 is 0.692 bits per heavy atom. The fourth-order valence-corrected chi connectivity index (χ4v) is 11.2. The molecule has 2 saturated carbocycles. The molecule has 1 atom stereocenters. The molecule has 262 valence electrons. The number of thioether (sulfide) groups is 2. The molecule has 2 fully saturated rings. The highest BCUT2D eigenvalue weighted by Crippen LogP contribution is 2.49. The summed E-state index contributed by atoms with van der Waals surface area (Å²) >= 11 is 7.01. The van der Waals surface area contributed by atoms with Crippen molar-refractivity contribution in [2.75, 3.05) is 11.5 Å². The van der Waals surface area contributed by atoms with Crippen LogP contribution in [0.1, 0.15) is 76.9 Å². The van der Waals surface area contributed by atoms with Crippen molar-refractivity contribution >= 4 is 67.0 Å². The van der Waals surface area contributed by atoms with E-state index in [9.17, 15) is 19.5 Å². The molecule has 0 radical (unpaired) electrons. The first-order chi connectivity index (χ1) is 25.4. The van der Waals surface area contributed by atoms with Gasteiger partial charge in [-0.1, -0.05) is 88.7 Å². The molecule has 4 aromatic carbocycles. The van der Waals surface area contributed by atoms with E-state index in [1.807, 2.05) is 34.5 Å². The van der Waals surface area contributed by atoms with Crippen LogP contribution >= 0.6 is 39.5 Å². The van der Waals surface area contributed by atoms with E-state index < -0.39 is 12.0 Å². The zero-order valence-corrected chi connectivity index (χ0v) is 31.7. The first kappa shape index (κ1) is 33.8. The number of hydrogen-bond acceptors (Lipinski definition) is 5. The maximum Gasteiger partial charge on any atom is 0.327 e. The number of carboxylic acid groups (broad SMARTS) is 1. The Labute approximate surface area is 318 Å². The molecule has 0 unspecified atom stereocenters. The first-order valence-corrected chi connectivity index (χ1v) is 20.8. The number of nitrogens with zero attached hydrogens (tertiary/aromatic N) is 2. The smallest absolute Gasteiger partial charge is 0.327 e. The average Bonchev–Trinajstić information content (AvgIpc) is 4.07. The molecule has 4 aliphatic rings. The number of carboxylic acids is 1. The Balaban J connectivity index is 0.000000140. The summed E-state index contributed by atoms with van der Waals surface area (Å²) in [6, 6.07) is 30.3. The third-order valence-corrected chi connectivity index (χ3v) is 13.8. The number of hydrogen-bond donors (Lipinski definition) is 1. The van der Waals surface area contributed by atoms with Crippen molar-refractivity contribution in [3.8, 4) is 0 Å². The minimum absolute atomic E-state index is 0.176. The van der Waals surface area contributed by atoms with Crippen LogP contribution in [0.5, 0.6) is 0 Å². The van der Waals surface area contributed by atoms with Crippen molar-refractivity contribution in [2.24, 2.45) is 0 Å². The van der Waals surface area contributed by atoms with Crippen molar-refractivity contribution in [2.45, 2.75) is 73.0 Å². The van der Waals surface area contributed by atoms with Gasteiger partial charge in [0.1, 0.15) is 6.04 Å². The number of carbonyl (C=O) groups is 1. The van der Waals surface area contributed by atoms with Gasteiger partial charge in [-0.2, -0.15) is 0 Å². The highest BCUT2D eigenvalue weighted by atomic mass is 79.9. The number of benzene rings is 4. The molecule has 2 aliphatic carbocycles. The van der Waals surface area contributed by atoms with Crippen LogP contribution in [-0.4, -0.2) is 31.7 Å². The van der Waals surface area contributed by atoms with Gasteiger partial charge < -0.3 is 9.67 Å². The summed E-state index contributed by atoms with van der Waals surface area (Å²) in [6.45, 7) is 0.868. The number of aromatic nitrogens is 2. The van der Waals surface area contributed by atoms with Gasteiger partial charge in [-0.15, -0.1) is 23.5 Å². The first-order valence-electron chi connectivity index (χ1n) is 18.0. The predicted molar refractivity (Wildman–Crippen MR) is 215 cm³/mol. The molecule has 4 heterocycles. The van der Waals surface area contributed by atoms with Crippen molar-refractivity contribution in [1.29, 1.82) is 0 Å². The van der Waals surface area contributed by atoms with E-state index in [4.69, 9.17) is 0 Å². The minimum atomic E-state index is -0.929. The van der Waals surface area contributed by atoms with E-state index in [1.54, 1.807) is 6.07 Å². The molecule has 0 amide bonds. The van der Waals surface area contributed by atoms with Gasteiger partial charge in [-0.3, -0.25) is 14.2 Å². The summed E-state index contributed by atoms with van der Waals surface area (Å²) < 4.78 is 4.55. The highest BCUT2D eigenvalue weighted by Gasteiger charge is 2.38. The molecule has 0 spiro atoms. The zero-order chi connectivity index (χ0) is 35.5. The lowest BCUT2D eigenvalue weighted by Crippen LogP contribution is -2.29. The standard InChI is InChI=1S/C22H18BrNO3S.C21H19NOS/c23-17-8-7-13(15-3-1-2-4-16(15)17)9-14-10-19(25)24-18(22(26)27)11-28-21(24)20(14)12-5-6-12;23-19-13-17(20(15-8-9-15)21-22(19)10-11-24-21)12-16-6-3-5-14-4-1-2-7-18(14)16/h1-4,7-8,10,12,18H,5-6,9,11H2,(H,26,27);1-7,13,15H,8-12H2/t18-;/m0./s1. The van der Waals surface area contributed by atoms with E-state index in [0.29, 0.717) is 24.0 Å². The van der Waals surface area contributed by atoms with Gasteiger partial charge >= 0.3 is 5.97 Å². The van der Waals surface area contributed by atoms with Gasteiger partial charge in [0, 0.05) is 34.7 Å². The summed E-state index contributed by atoms with van der Waals surface area (Å²) in [6.07, 6.45) is 6.30. The molecule has 6 aromatic rings. The van der Waals surface area contributed by atoms with Gasteiger partial charge in [-0.05, 0) is 111 Å². The van der Waals surface area contributed by atoms with E-state index >= 15 is 0 Å². The van der Waals surface area contributed by atoms with Crippen LogP contribution in [0.3, 0.4) is 0 Å². The number of rotatable bonds is 7. The van der Waals surface area contributed by atoms with Gasteiger partial charge in [0.05, 0.1) is 10.1 Å². The molecular formula is C43H37BrN2O4S2. The van der Waals surface area contributed by atoms with Crippen LogP contribution in [0.25, 0.3) is 21.5 Å². The van der Waals surface area contributed by atoms with Crippen LogP contribution in [0.4, 0.5) is 0 Å². The minimum Gasteiger partial charge on any atom is -0.480 e. The number of halogens is 1. The highest BCUT2D eigenvalue weighted by molar-refractivity contribution is 9.10. The average molecular weight is 790 g/mol. The summed E-state index contributed by atoms with van der Waals surface area (Å²) in [5, 5.41) is 16.5. The monoisotopic (exact) mass is 788 g/mol. The molecule has 1 N–H and O–H groups in total. The van der Waals surface area contributed by atoms with Gasteiger partial charge in [0.2, 0.25) is 0 Å². The molecule has 2 aliphatic heterocycles. The number of fused-ring (bicyclic) bond motifs is 4. The Morgan fingerprint density at radius 3 is 2.02 bits per heavy atom. The largest absolute Gasteiger partial charge is 0.480 e. The molecule has 2 aromatic heterocycles. The number of aliphatic carboxylic acids is 1. The predicted octanol–water partition coefficient (Wildman–Crippen LogP) is 9.54. The van der Waals surface area contributed by atoms with E-state index in [1.165, 1.54) is 78.2 Å². The zero-order valence-electron chi connectivity index (χ0n) is 28.5. The maximum absolute atomic E-state index is 12.8. The third-order valence-electron chi connectivity index (χ3n) is 10.8. The Bertz CT molecular complexity index is 2530. The van der Waals surface area contributed by atoms with Crippen molar-refractivity contribution in [1.82, 2.24) is 9.13 Å². The van der Waals surface area contributed by atoms with Gasteiger partial charge in [0.15, 0.2) is 0 Å². The molecule has 6 nitrogen and oxygen atoms in total. The summed E-state index contributed by atoms with van der Waals surface area (Å²) in [4.78, 5) is 36.9. The van der Waals surface area contributed by atoms with Crippen molar-refractivity contribution in [3.63, 3.8) is 0 Å². The maximum atomic E-state index is 12.8. The summed E-state index contributed by atoms with van der Waals surface area (Å²) in [5.41, 5.74) is 7.43. The van der Waals surface area contributed by atoms with E-state index in [0.717, 1.165) is 52.0 Å². The van der Waals surface area contributed by atoms with Crippen molar-refractivity contribution in [3.05, 3.63) is 150 Å². The topological polar surface area (TPSA) is 81.3 Å². The molecule has 9 heteroatoms. The lowest BCUT2D eigenvalue weighted by molar-refractivity contribution is -0.140. The fraction of sp³-hybridized carbons (Fsp3) is 0.279. The lowest BCUT2D eigenvalue weighted by atomic mass is 9.95. The van der Waals surface area contributed by atoms with Crippen LogP contribution in [-0.2, 0) is 24.2 Å². The van der Waals surface area contributed by atoms with E-state index in [2.05, 4.69) is 82.7 Å². The van der Waals surface area contributed by atoms with E-state index in [-0.39, 0.29) is 11.1 Å². The van der Waals surface area contributed by atoms with Crippen LogP contribution in [0, 0.1) is 0 Å². The van der Waals surface area contributed by atoms with Crippen molar-refractivity contribution < 1.29 is 9.90 Å². The second-order valence-electron chi connectivity index (χ2n) is 14.3. The quantitative estimate of drug-likeness (QED) is 0.174. The van der Waals surface area contributed by atoms with Crippen LogP contribution < -0.4 is 11.1 Å². The molecule has 0 bridgehead atoms. The second kappa shape index (κ2) is 13.7. The van der Waals surface area contributed by atoms with Crippen LogP contribution in [0.2, 0.25) is 0 Å².